The molecule has 1 aliphatic heterocycles. The lowest BCUT2D eigenvalue weighted by molar-refractivity contribution is -0.385. The van der Waals surface area contributed by atoms with Crippen LogP contribution in [0.4, 0.5) is 10.1 Å². The van der Waals surface area contributed by atoms with Gasteiger partial charge in [0.25, 0.3) is 16.8 Å². The van der Waals surface area contributed by atoms with E-state index in [1.54, 1.807) is 30.0 Å². The number of hydrogen-bond donors (Lipinski definition) is 0. The number of amides is 1. The Hall–Kier alpha value is -3.07. The van der Waals surface area contributed by atoms with Crippen molar-refractivity contribution in [1.29, 1.82) is 0 Å². The number of benzene rings is 2. The van der Waals surface area contributed by atoms with E-state index in [-0.39, 0.29) is 23.5 Å². The van der Waals surface area contributed by atoms with Crippen molar-refractivity contribution in [2.45, 2.75) is 25.9 Å². The zero-order chi connectivity index (χ0) is 20.5. The molecule has 4 rings (SSSR count). The second-order valence-electron chi connectivity index (χ2n) is 6.88. The van der Waals surface area contributed by atoms with E-state index >= 15 is 0 Å². The van der Waals surface area contributed by atoms with E-state index < -0.39 is 4.92 Å². The molecule has 1 fully saturated rings. The summed E-state index contributed by atoms with van der Waals surface area (Å²) < 4.78 is 20.4. The lowest BCUT2D eigenvalue weighted by atomic mass is 10.0. The molecule has 29 heavy (non-hydrogen) atoms. The third-order valence-corrected chi connectivity index (χ3v) is 5.99. The first-order valence-electron chi connectivity index (χ1n) is 9.19. The molecule has 2 aromatic carbocycles. The highest BCUT2D eigenvalue weighted by Gasteiger charge is 2.28. The largest absolute Gasteiger partial charge is 0.467 e. The number of ether oxygens (including phenoxy) is 1. The molecule has 9 heteroatoms. The molecule has 0 atom stereocenters. The number of fused-ring (bicyclic) bond motifs is 1. The third-order valence-electron chi connectivity index (χ3n) is 5.08. The Morgan fingerprint density at radius 1 is 1.28 bits per heavy atom. The summed E-state index contributed by atoms with van der Waals surface area (Å²) in [6.45, 7) is 2.54. The van der Waals surface area contributed by atoms with Crippen molar-refractivity contribution in [2.75, 3.05) is 13.1 Å². The molecule has 0 unspecified atom stereocenters. The van der Waals surface area contributed by atoms with Crippen LogP contribution in [0.5, 0.6) is 5.19 Å². The number of rotatable bonds is 4. The standard InChI is InChI=1S/C20H18FN3O4S/c1-12-14(4-2-6-16(12)24(26)27)19(25)23-10-8-13(9-11-23)28-20-22-18-15(21)5-3-7-17(18)29-20/h2-7,13H,8-11H2,1H3. The van der Waals surface area contributed by atoms with Crippen LogP contribution in [0, 0.1) is 22.9 Å². The van der Waals surface area contributed by atoms with Crippen molar-refractivity contribution < 1.29 is 18.8 Å². The van der Waals surface area contributed by atoms with Crippen LogP contribution in [-0.2, 0) is 0 Å². The van der Waals surface area contributed by atoms with Crippen molar-refractivity contribution >= 4 is 33.1 Å². The van der Waals surface area contributed by atoms with Crippen molar-refractivity contribution in [3.63, 3.8) is 0 Å². The topological polar surface area (TPSA) is 85.6 Å². The minimum Gasteiger partial charge on any atom is -0.467 e. The minimum atomic E-state index is -0.479. The number of para-hydroxylation sites is 1. The molecule has 3 aromatic rings. The van der Waals surface area contributed by atoms with Gasteiger partial charge in [-0.3, -0.25) is 14.9 Å². The third kappa shape index (κ3) is 3.77. The number of carbonyl (C=O) groups excluding carboxylic acids is 1. The molecule has 0 saturated carbocycles. The summed E-state index contributed by atoms with van der Waals surface area (Å²) in [5, 5.41) is 11.5. The van der Waals surface area contributed by atoms with Crippen molar-refractivity contribution in [1.82, 2.24) is 9.88 Å². The molecule has 0 bridgehead atoms. The first-order chi connectivity index (χ1) is 13.9. The Bertz CT molecular complexity index is 1090. The number of likely N-dealkylation sites (tertiary alicyclic amines) is 1. The summed E-state index contributed by atoms with van der Waals surface area (Å²) in [6, 6.07) is 9.34. The summed E-state index contributed by atoms with van der Waals surface area (Å²) in [7, 11) is 0. The van der Waals surface area contributed by atoms with Crippen LogP contribution in [0.2, 0.25) is 0 Å². The highest BCUT2D eigenvalue weighted by molar-refractivity contribution is 7.20. The number of nitro benzene ring substituents is 1. The summed E-state index contributed by atoms with van der Waals surface area (Å²) in [4.78, 5) is 29.4. The van der Waals surface area contributed by atoms with E-state index in [1.165, 1.54) is 29.5 Å². The van der Waals surface area contributed by atoms with E-state index in [4.69, 9.17) is 4.74 Å². The highest BCUT2D eigenvalue weighted by atomic mass is 32.1. The number of nitro groups is 1. The molecule has 2 heterocycles. The quantitative estimate of drug-likeness (QED) is 0.468. The smallest absolute Gasteiger partial charge is 0.274 e. The Balaban J connectivity index is 1.41. The van der Waals surface area contributed by atoms with Gasteiger partial charge in [0.1, 0.15) is 17.4 Å². The Labute approximate surface area is 169 Å². The summed E-state index contributed by atoms with van der Waals surface area (Å²) in [5.41, 5.74) is 0.969. The van der Waals surface area contributed by atoms with Gasteiger partial charge >= 0.3 is 0 Å². The SMILES string of the molecule is Cc1c(C(=O)N2CCC(Oc3nc4c(F)cccc4s3)CC2)cccc1[N+](=O)[O-]. The van der Waals surface area contributed by atoms with Gasteiger partial charge in [0.15, 0.2) is 0 Å². The number of carbonyl (C=O) groups is 1. The van der Waals surface area contributed by atoms with Gasteiger partial charge in [-0.1, -0.05) is 23.5 Å². The number of hydrogen-bond acceptors (Lipinski definition) is 6. The lowest BCUT2D eigenvalue weighted by Gasteiger charge is -2.31. The average molecular weight is 415 g/mol. The number of halogens is 1. The number of nitrogens with zero attached hydrogens (tertiary/aromatic N) is 3. The highest BCUT2D eigenvalue weighted by Crippen LogP contribution is 2.31. The van der Waals surface area contributed by atoms with Crippen LogP contribution in [0.15, 0.2) is 36.4 Å². The van der Waals surface area contributed by atoms with Crippen LogP contribution in [0.25, 0.3) is 10.2 Å². The predicted molar refractivity (Wildman–Crippen MR) is 107 cm³/mol. The number of thiazole rings is 1. The van der Waals surface area contributed by atoms with E-state index in [0.717, 1.165) is 4.70 Å². The summed E-state index contributed by atoms with van der Waals surface area (Å²) in [6.07, 6.45) is 1.10. The maximum atomic E-state index is 13.8. The van der Waals surface area contributed by atoms with Crippen molar-refractivity contribution in [2.24, 2.45) is 0 Å². The minimum absolute atomic E-state index is 0.0582. The van der Waals surface area contributed by atoms with E-state index in [9.17, 15) is 19.3 Å². The fourth-order valence-corrected chi connectivity index (χ4v) is 4.38. The van der Waals surface area contributed by atoms with Crippen LogP contribution < -0.4 is 4.74 Å². The van der Waals surface area contributed by atoms with Gasteiger partial charge in [0.05, 0.1) is 9.62 Å². The normalized spacial score (nSPS) is 14.9. The molecule has 0 N–H and O–H groups in total. The molecule has 0 radical (unpaired) electrons. The van der Waals surface area contributed by atoms with Gasteiger partial charge in [0.2, 0.25) is 0 Å². The molecular formula is C20H18FN3O4S. The summed E-state index contributed by atoms with van der Waals surface area (Å²) in [5.74, 6) is -0.590. The second-order valence-corrected chi connectivity index (χ2v) is 7.88. The molecule has 7 nitrogen and oxygen atoms in total. The maximum Gasteiger partial charge on any atom is 0.274 e. The Morgan fingerprint density at radius 2 is 2.00 bits per heavy atom. The maximum absolute atomic E-state index is 13.8. The van der Waals surface area contributed by atoms with E-state index in [2.05, 4.69) is 4.98 Å². The molecule has 150 valence electrons. The average Bonchev–Trinajstić information content (AvgIpc) is 3.12. The molecule has 1 aromatic heterocycles. The van der Waals surface area contributed by atoms with Crippen LogP contribution >= 0.6 is 11.3 Å². The van der Waals surface area contributed by atoms with Crippen LogP contribution in [-0.4, -0.2) is 39.9 Å². The molecule has 1 saturated heterocycles. The molecule has 0 spiro atoms. The fraction of sp³-hybridized carbons (Fsp3) is 0.300. The van der Waals surface area contributed by atoms with Gasteiger partial charge < -0.3 is 9.64 Å². The van der Waals surface area contributed by atoms with Crippen LogP contribution in [0.1, 0.15) is 28.8 Å². The molecule has 1 amide bonds. The first kappa shape index (κ1) is 19.3. The van der Waals surface area contributed by atoms with Gasteiger partial charge in [0, 0.05) is 43.1 Å². The molecular weight excluding hydrogens is 397 g/mol. The zero-order valence-corrected chi connectivity index (χ0v) is 16.4. The van der Waals surface area contributed by atoms with Gasteiger partial charge in [-0.15, -0.1) is 0 Å². The van der Waals surface area contributed by atoms with Gasteiger partial charge in [-0.05, 0) is 25.1 Å². The van der Waals surface area contributed by atoms with Crippen molar-refractivity contribution in [3.05, 3.63) is 63.5 Å². The monoisotopic (exact) mass is 415 g/mol. The van der Waals surface area contributed by atoms with Crippen LogP contribution in [0.3, 0.4) is 0 Å². The summed E-state index contributed by atoms with van der Waals surface area (Å²) >= 11 is 1.30. The van der Waals surface area contributed by atoms with Gasteiger partial charge in [-0.2, -0.15) is 4.98 Å². The first-order valence-corrected chi connectivity index (χ1v) is 10.0. The Morgan fingerprint density at radius 3 is 2.69 bits per heavy atom. The fourth-order valence-electron chi connectivity index (χ4n) is 3.49. The molecule has 1 aliphatic rings. The van der Waals surface area contributed by atoms with Gasteiger partial charge in [-0.25, -0.2) is 4.39 Å². The Kier molecular flexibility index (Phi) is 5.14. The second kappa shape index (κ2) is 7.75. The predicted octanol–water partition coefficient (Wildman–Crippen LogP) is 4.34. The number of piperidine rings is 1. The van der Waals surface area contributed by atoms with E-state index in [1.807, 2.05) is 0 Å². The van der Waals surface area contributed by atoms with E-state index in [0.29, 0.717) is 47.8 Å². The zero-order valence-electron chi connectivity index (χ0n) is 15.6. The lowest BCUT2D eigenvalue weighted by Crippen LogP contribution is -2.42. The number of aromatic nitrogens is 1. The van der Waals surface area contributed by atoms with Crippen molar-refractivity contribution in [3.8, 4) is 5.19 Å². The molecule has 0 aliphatic carbocycles.